The third kappa shape index (κ3) is 3.23. The summed E-state index contributed by atoms with van der Waals surface area (Å²) in [7, 11) is 0. The number of aliphatic hydroxyl groups excluding tert-OH is 1. The number of ether oxygens (including phenoxy) is 1. The number of rotatable bonds is 4. The van der Waals surface area contributed by atoms with Gasteiger partial charge in [0.2, 0.25) is 11.8 Å². The van der Waals surface area contributed by atoms with Crippen molar-refractivity contribution in [2.45, 2.75) is 32.4 Å². The monoisotopic (exact) mass is 418 g/mol. The van der Waals surface area contributed by atoms with Crippen molar-refractivity contribution in [2.75, 3.05) is 6.61 Å². The van der Waals surface area contributed by atoms with Gasteiger partial charge < -0.3 is 15.6 Å². The molecule has 2 aromatic rings. The molecule has 30 heavy (non-hydrogen) atoms. The van der Waals surface area contributed by atoms with Gasteiger partial charge in [-0.15, -0.1) is 5.10 Å². The van der Waals surface area contributed by atoms with Crippen LogP contribution in [0.25, 0.3) is 6.08 Å². The topological polar surface area (TPSA) is 108 Å². The fourth-order valence-electron chi connectivity index (χ4n) is 4.09. The maximum Gasteiger partial charge on any atom is 0.416 e. The minimum absolute atomic E-state index is 0.0194. The van der Waals surface area contributed by atoms with E-state index in [4.69, 9.17) is 15.6 Å². The molecule has 0 fully saturated rings. The van der Waals surface area contributed by atoms with Crippen LogP contribution in [0.5, 0.6) is 5.88 Å². The number of aryl methyl sites for hydroxylation is 1. The summed E-state index contributed by atoms with van der Waals surface area (Å²) in [5, 5.41) is 25.9. The highest BCUT2D eigenvalue weighted by Crippen LogP contribution is 2.53. The van der Waals surface area contributed by atoms with Crippen molar-refractivity contribution in [3.63, 3.8) is 0 Å². The number of nitriles is 1. The summed E-state index contributed by atoms with van der Waals surface area (Å²) in [4.78, 5) is 0. The van der Waals surface area contributed by atoms with Gasteiger partial charge in [-0.25, -0.2) is 0 Å². The molecule has 3 rings (SSSR count). The van der Waals surface area contributed by atoms with Crippen LogP contribution in [0.4, 0.5) is 13.2 Å². The number of nitrogens with one attached hydrogen (secondary N) is 1. The van der Waals surface area contributed by atoms with E-state index < -0.39 is 17.2 Å². The number of benzene rings is 1. The zero-order valence-electron chi connectivity index (χ0n) is 16.6. The van der Waals surface area contributed by atoms with Gasteiger partial charge in [-0.05, 0) is 36.1 Å². The highest BCUT2D eigenvalue weighted by atomic mass is 19.4. The van der Waals surface area contributed by atoms with Crippen LogP contribution in [0.3, 0.4) is 0 Å². The molecule has 6 nitrogen and oxygen atoms in total. The predicted octanol–water partition coefficient (Wildman–Crippen LogP) is 3.77. The van der Waals surface area contributed by atoms with E-state index in [0.29, 0.717) is 11.3 Å². The van der Waals surface area contributed by atoms with E-state index in [1.807, 2.05) is 0 Å². The van der Waals surface area contributed by atoms with Gasteiger partial charge in [0.25, 0.3) is 0 Å². The summed E-state index contributed by atoms with van der Waals surface area (Å²) >= 11 is 0. The second-order valence-corrected chi connectivity index (χ2v) is 7.37. The third-order valence-corrected chi connectivity index (χ3v) is 5.29. The molecule has 1 aliphatic rings. The van der Waals surface area contributed by atoms with Gasteiger partial charge in [0, 0.05) is 5.69 Å². The number of hydrogen-bond donors (Lipinski definition) is 3. The van der Waals surface area contributed by atoms with Crippen molar-refractivity contribution in [1.29, 1.82) is 5.26 Å². The fraction of sp³-hybridized carbons (Fsp3) is 0.333. The van der Waals surface area contributed by atoms with Crippen molar-refractivity contribution in [3.8, 4) is 11.9 Å². The maximum atomic E-state index is 13.7. The smallest absolute Gasteiger partial charge is 0.416 e. The van der Waals surface area contributed by atoms with Crippen molar-refractivity contribution in [1.82, 2.24) is 10.2 Å². The van der Waals surface area contributed by atoms with Crippen molar-refractivity contribution in [3.05, 3.63) is 63.7 Å². The van der Waals surface area contributed by atoms with Crippen LogP contribution >= 0.6 is 0 Å². The first-order valence-corrected chi connectivity index (χ1v) is 9.21. The van der Waals surface area contributed by atoms with E-state index in [2.05, 4.69) is 16.3 Å². The normalized spacial score (nSPS) is 19.2. The number of H-pyrrole nitrogens is 1. The molecule has 158 valence electrons. The Morgan fingerprint density at radius 1 is 1.37 bits per heavy atom. The SMILES string of the molecule is Cc1[nH]nc2c1C(c1cc(/C=C/CO)cc(C(F)(F)F)c1)(C(C)C)C(C#N)=C(N)O2. The first kappa shape index (κ1) is 21.5. The third-order valence-electron chi connectivity index (χ3n) is 5.29. The summed E-state index contributed by atoms with van der Waals surface area (Å²) in [6.07, 6.45) is -1.87. The molecular weight excluding hydrogens is 397 g/mol. The molecule has 1 aromatic heterocycles. The standard InChI is InChI=1S/C21H21F3N4O2/c1-11(2)20(16(10-25)18(26)30-19-17(20)12(3)27-28-19)14-7-13(5-4-6-29)8-15(9-14)21(22,23)24/h4-5,7-9,11,29H,6,26H2,1-3H3,(H,27,28)/b5-4+. The summed E-state index contributed by atoms with van der Waals surface area (Å²) in [6, 6.07) is 5.64. The van der Waals surface area contributed by atoms with Crippen LogP contribution in [-0.4, -0.2) is 21.9 Å². The van der Waals surface area contributed by atoms with Crippen LogP contribution in [0.1, 0.15) is 41.8 Å². The van der Waals surface area contributed by atoms with E-state index in [1.54, 1.807) is 26.8 Å². The highest BCUT2D eigenvalue weighted by molar-refractivity contribution is 5.64. The summed E-state index contributed by atoms with van der Waals surface area (Å²) in [6.45, 7) is 4.99. The quantitative estimate of drug-likeness (QED) is 0.701. The Morgan fingerprint density at radius 3 is 2.63 bits per heavy atom. The molecule has 0 aliphatic carbocycles. The number of aromatic nitrogens is 2. The molecule has 0 saturated carbocycles. The molecule has 0 saturated heterocycles. The lowest BCUT2D eigenvalue weighted by Gasteiger charge is -2.41. The number of hydrogen-bond acceptors (Lipinski definition) is 5. The van der Waals surface area contributed by atoms with Crippen molar-refractivity contribution < 1.29 is 23.0 Å². The van der Waals surface area contributed by atoms with Gasteiger partial charge in [-0.1, -0.05) is 32.1 Å². The molecule has 0 amide bonds. The average Bonchev–Trinajstić information content (AvgIpc) is 3.04. The Hall–Kier alpha value is -3.25. The second-order valence-electron chi connectivity index (χ2n) is 7.37. The first-order valence-electron chi connectivity index (χ1n) is 9.21. The lowest BCUT2D eigenvalue weighted by atomic mass is 9.61. The Morgan fingerprint density at radius 2 is 2.07 bits per heavy atom. The van der Waals surface area contributed by atoms with Crippen LogP contribution < -0.4 is 10.5 Å². The Labute approximate surface area is 171 Å². The zero-order valence-corrected chi connectivity index (χ0v) is 16.6. The van der Waals surface area contributed by atoms with E-state index in [1.165, 1.54) is 12.2 Å². The number of aromatic amines is 1. The Kier molecular flexibility index (Phi) is 5.39. The molecular formula is C21H21F3N4O2. The predicted molar refractivity (Wildman–Crippen MR) is 104 cm³/mol. The molecule has 9 heteroatoms. The molecule has 2 heterocycles. The number of nitrogens with two attached hydrogens (primary N) is 1. The molecule has 0 radical (unpaired) electrons. The van der Waals surface area contributed by atoms with Crippen LogP contribution in [0.2, 0.25) is 0 Å². The number of fused-ring (bicyclic) bond motifs is 1. The number of allylic oxidation sites excluding steroid dienone is 1. The summed E-state index contributed by atoms with van der Waals surface area (Å²) < 4.78 is 46.6. The highest BCUT2D eigenvalue weighted by Gasteiger charge is 2.51. The Bertz CT molecular complexity index is 1080. The maximum absolute atomic E-state index is 13.7. The van der Waals surface area contributed by atoms with Gasteiger partial charge in [0.15, 0.2) is 0 Å². The number of nitrogens with zero attached hydrogens (tertiary/aromatic N) is 2. The molecule has 4 N–H and O–H groups in total. The van der Waals surface area contributed by atoms with Crippen molar-refractivity contribution >= 4 is 6.08 Å². The fourth-order valence-corrected chi connectivity index (χ4v) is 4.09. The van der Waals surface area contributed by atoms with Crippen LogP contribution in [0.15, 0.2) is 35.7 Å². The lowest BCUT2D eigenvalue weighted by Crippen LogP contribution is -2.41. The molecule has 1 atom stereocenters. The minimum atomic E-state index is -4.61. The van der Waals surface area contributed by atoms with Gasteiger partial charge in [-0.3, -0.25) is 5.10 Å². The summed E-state index contributed by atoms with van der Waals surface area (Å²) in [5.74, 6) is -0.444. The number of alkyl halides is 3. The van der Waals surface area contributed by atoms with E-state index in [-0.39, 0.29) is 41.0 Å². The molecule has 1 unspecified atom stereocenters. The lowest BCUT2D eigenvalue weighted by molar-refractivity contribution is -0.137. The largest absolute Gasteiger partial charge is 0.420 e. The van der Waals surface area contributed by atoms with Gasteiger partial charge in [0.1, 0.15) is 11.6 Å². The average molecular weight is 418 g/mol. The second kappa shape index (κ2) is 7.54. The summed E-state index contributed by atoms with van der Waals surface area (Å²) in [5.41, 5.74) is 5.35. The van der Waals surface area contributed by atoms with Gasteiger partial charge >= 0.3 is 6.18 Å². The molecule has 1 aliphatic heterocycles. The van der Waals surface area contributed by atoms with Crippen LogP contribution in [-0.2, 0) is 11.6 Å². The first-order chi connectivity index (χ1) is 14.1. The van der Waals surface area contributed by atoms with Gasteiger partial charge in [0.05, 0.1) is 23.1 Å². The van der Waals surface area contributed by atoms with E-state index >= 15 is 0 Å². The number of halogens is 3. The van der Waals surface area contributed by atoms with Crippen molar-refractivity contribution in [2.24, 2.45) is 11.7 Å². The molecule has 0 bridgehead atoms. The molecule has 0 spiro atoms. The zero-order chi connectivity index (χ0) is 22.3. The van der Waals surface area contributed by atoms with E-state index in [0.717, 1.165) is 12.1 Å². The van der Waals surface area contributed by atoms with Crippen LogP contribution in [0, 0.1) is 24.2 Å². The van der Waals surface area contributed by atoms with Gasteiger partial charge in [-0.2, -0.15) is 18.4 Å². The Balaban J connectivity index is 2.47. The number of aliphatic hydroxyl groups is 1. The van der Waals surface area contributed by atoms with E-state index in [9.17, 15) is 18.4 Å². The molecule has 1 aromatic carbocycles. The minimum Gasteiger partial charge on any atom is -0.420 e.